The fraction of sp³-hybridized carbons (Fsp3) is 0.824. The van der Waals surface area contributed by atoms with Gasteiger partial charge in [0.25, 0.3) is 0 Å². The summed E-state index contributed by atoms with van der Waals surface area (Å²) in [7, 11) is 0. The van der Waals surface area contributed by atoms with Crippen LogP contribution >= 0.6 is 0 Å². The molecule has 2 atom stereocenters. The molecular weight excluding hydrogens is 292 g/mol. The van der Waals surface area contributed by atoms with Crippen LogP contribution < -0.4 is 5.32 Å². The van der Waals surface area contributed by atoms with Crippen molar-refractivity contribution in [2.75, 3.05) is 19.6 Å². The average molecular weight is 320 g/mol. The van der Waals surface area contributed by atoms with Crippen molar-refractivity contribution in [1.82, 2.24) is 20.4 Å². The molecule has 1 aromatic heterocycles. The van der Waals surface area contributed by atoms with E-state index in [1.165, 1.54) is 0 Å². The van der Waals surface area contributed by atoms with E-state index in [1.807, 2.05) is 4.90 Å². The molecule has 1 amide bonds. The SMILES string of the molecule is CC(C)CC(=O)N1CCCC[C@@H]1c1nnc([C@@H]2CCCNC2)o1. The van der Waals surface area contributed by atoms with Crippen molar-refractivity contribution < 1.29 is 9.21 Å². The van der Waals surface area contributed by atoms with Gasteiger partial charge in [0.1, 0.15) is 6.04 Å². The van der Waals surface area contributed by atoms with E-state index in [2.05, 4.69) is 29.4 Å². The fourth-order valence-corrected chi connectivity index (χ4v) is 3.56. The van der Waals surface area contributed by atoms with Gasteiger partial charge in [0, 0.05) is 25.4 Å². The Labute approximate surface area is 138 Å². The zero-order chi connectivity index (χ0) is 16.2. The molecule has 0 unspecified atom stereocenters. The number of carbonyl (C=O) groups excluding carboxylic acids is 1. The number of hydrogen-bond donors (Lipinski definition) is 1. The van der Waals surface area contributed by atoms with Crippen molar-refractivity contribution in [2.24, 2.45) is 5.92 Å². The van der Waals surface area contributed by atoms with Gasteiger partial charge in [-0.3, -0.25) is 4.79 Å². The number of hydrogen-bond acceptors (Lipinski definition) is 5. The smallest absolute Gasteiger partial charge is 0.238 e. The zero-order valence-electron chi connectivity index (χ0n) is 14.3. The maximum absolute atomic E-state index is 12.5. The van der Waals surface area contributed by atoms with E-state index < -0.39 is 0 Å². The van der Waals surface area contributed by atoms with Crippen molar-refractivity contribution in [2.45, 2.75) is 64.3 Å². The van der Waals surface area contributed by atoms with Crippen LogP contribution in [0.5, 0.6) is 0 Å². The van der Waals surface area contributed by atoms with Crippen LogP contribution in [0.2, 0.25) is 0 Å². The Morgan fingerprint density at radius 3 is 2.83 bits per heavy atom. The summed E-state index contributed by atoms with van der Waals surface area (Å²) in [6.45, 7) is 6.94. The van der Waals surface area contributed by atoms with Gasteiger partial charge in [-0.05, 0) is 44.6 Å². The summed E-state index contributed by atoms with van der Waals surface area (Å²) in [6.07, 6.45) is 5.92. The number of amides is 1. The summed E-state index contributed by atoms with van der Waals surface area (Å²) in [5, 5.41) is 11.9. The third-order valence-electron chi connectivity index (χ3n) is 4.79. The topological polar surface area (TPSA) is 71.3 Å². The van der Waals surface area contributed by atoms with E-state index in [0.717, 1.165) is 57.6 Å². The molecule has 3 rings (SSSR count). The van der Waals surface area contributed by atoms with Crippen molar-refractivity contribution in [3.63, 3.8) is 0 Å². The van der Waals surface area contributed by atoms with E-state index in [-0.39, 0.29) is 11.9 Å². The van der Waals surface area contributed by atoms with Gasteiger partial charge in [-0.25, -0.2) is 0 Å². The molecule has 0 saturated carbocycles. The first-order valence-corrected chi connectivity index (χ1v) is 8.98. The standard InChI is InChI=1S/C17H28N4O2/c1-12(2)10-15(22)21-9-4-3-7-14(21)17-20-19-16(23-17)13-6-5-8-18-11-13/h12-14,18H,3-11H2,1-2H3/t13-,14-/m1/s1. The largest absolute Gasteiger partial charge is 0.423 e. The molecular formula is C17H28N4O2. The van der Waals surface area contributed by atoms with Crippen LogP contribution in [-0.2, 0) is 4.79 Å². The average Bonchev–Trinajstić information content (AvgIpc) is 3.05. The van der Waals surface area contributed by atoms with Gasteiger partial charge in [-0.15, -0.1) is 10.2 Å². The van der Waals surface area contributed by atoms with E-state index >= 15 is 0 Å². The van der Waals surface area contributed by atoms with E-state index in [0.29, 0.717) is 24.1 Å². The number of rotatable bonds is 4. The molecule has 2 saturated heterocycles. The molecule has 0 spiro atoms. The van der Waals surface area contributed by atoms with Gasteiger partial charge in [0.2, 0.25) is 17.7 Å². The molecule has 3 heterocycles. The Morgan fingerprint density at radius 1 is 1.26 bits per heavy atom. The lowest BCUT2D eigenvalue weighted by Crippen LogP contribution is -2.39. The summed E-state index contributed by atoms with van der Waals surface area (Å²) in [5.41, 5.74) is 0. The number of likely N-dealkylation sites (tertiary alicyclic amines) is 1. The van der Waals surface area contributed by atoms with Crippen molar-refractivity contribution in [3.05, 3.63) is 11.8 Å². The highest BCUT2D eigenvalue weighted by molar-refractivity contribution is 5.76. The Hall–Kier alpha value is -1.43. The fourth-order valence-electron chi connectivity index (χ4n) is 3.56. The van der Waals surface area contributed by atoms with Crippen LogP contribution in [0.25, 0.3) is 0 Å². The predicted octanol–water partition coefficient (Wildman–Crippen LogP) is 2.64. The zero-order valence-corrected chi connectivity index (χ0v) is 14.3. The highest BCUT2D eigenvalue weighted by Gasteiger charge is 2.33. The van der Waals surface area contributed by atoms with Crippen LogP contribution in [0.1, 0.15) is 76.1 Å². The number of piperidine rings is 2. The van der Waals surface area contributed by atoms with Crippen molar-refractivity contribution in [3.8, 4) is 0 Å². The number of aromatic nitrogens is 2. The van der Waals surface area contributed by atoms with E-state index in [9.17, 15) is 4.79 Å². The molecule has 2 aliphatic heterocycles. The first-order chi connectivity index (χ1) is 11.1. The summed E-state index contributed by atoms with van der Waals surface area (Å²) in [4.78, 5) is 14.5. The molecule has 2 aliphatic rings. The van der Waals surface area contributed by atoms with Gasteiger partial charge in [0.15, 0.2) is 0 Å². The Balaban J connectivity index is 1.72. The van der Waals surface area contributed by atoms with E-state index in [4.69, 9.17) is 4.42 Å². The summed E-state index contributed by atoms with van der Waals surface area (Å²) >= 11 is 0. The van der Waals surface area contributed by atoms with E-state index in [1.54, 1.807) is 0 Å². The lowest BCUT2D eigenvalue weighted by atomic mass is 9.99. The first-order valence-electron chi connectivity index (χ1n) is 8.98. The third kappa shape index (κ3) is 3.91. The number of carbonyl (C=O) groups is 1. The lowest BCUT2D eigenvalue weighted by Gasteiger charge is -2.34. The molecule has 1 aromatic rings. The molecule has 0 bridgehead atoms. The molecule has 6 nitrogen and oxygen atoms in total. The van der Waals surface area contributed by atoms with Gasteiger partial charge in [-0.1, -0.05) is 13.8 Å². The maximum atomic E-state index is 12.5. The minimum atomic E-state index is -0.0344. The van der Waals surface area contributed by atoms with Gasteiger partial charge < -0.3 is 14.6 Å². The molecule has 0 radical (unpaired) electrons. The normalized spacial score (nSPS) is 25.8. The molecule has 6 heteroatoms. The van der Waals surface area contributed by atoms with Gasteiger partial charge in [-0.2, -0.15) is 0 Å². The van der Waals surface area contributed by atoms with Crippen LogP contribution in [0.4, 0.5) is 0 Å². The summed E-state index contributed by atoms with van der Waals surface area (Å²) in [5.74, 6) is 2.25. The van der Waals surface area contributed by atoms with Crippen LogP contribution in [-0.4, -0.2) is 40.6 Å². The van der Waals surface area contributed by atoms with Crippen LogP contribution in [0.15, 0.2) is 4.42 Å². The monoisotopic (exact) mass is 320 g/mol. The second-order valence-corrected chi connectivity index (χ2v) is 7.22. The lowest BCUT2D eigenvalue weighted by molar-refractivity contribution is -0.136. The highest BCUT2D eigenvalue weighted by atomic mass is 16.4. The van der Waals surface area contributed by atoms with Crippen LogP contribution in [0, 0.1) is 5.92 Å². The summed E-state index contributed by atoms with van der Waals surface area (Å²) in [6, 6.07) is -0.0344. The second kappa shape index (κ2) is 7.43. The highest BCUT2D eigenvalue weighted by Crippen LogP contribution is 2.32. The minimum Gasteiger partial charge on any atom is -0.423 e. The number of nitrogens with one attached hydrogen (secondary N) is 1. The maximum Gasteiger partial charge on any atom is 0.238 e. The Kier molecular flexibility index (Phi) is 5.30. The van der Waals surface area contributed by atoms with Gasteiger partial charge in [0.05, 0.1) is 0 Å². The molecule has 0 aromatic carbocycles. The third-order valence-corrected chi connectivity index (χ3v) is 4.79. The quantitative estimate of drug-likeness (QED) is 0.923. The molecule has 128 valence electrons. The number of nitrogens with zero attached hydrogens (tertiary/aromatic N) is 3. The molecule has 2 fully saturated rings. The second-order valence-electron chi connectivity index (χ2n) is 7.22. The minimum absolute atomic E-state index is 0.0344. The Bertz CT molecular complexity index is 522. The molecule has 0 aliphatic carbocycles. The predicted molar refractivity (Wildman–Crippen MR) is 86.9 cm³/mol. The van der Waals surface area contributed by atoms with Crippen molar-refractivity contribution in [1.29, 1.82) is 0 Å². The van der Waals surface area contributed by atoms with Gasteiger partial charge >= 0.3 is 0 Å². The Morgan fingerprint density at radius 2 is 2.09 bits per heavy atom. The van der Waals surface area contributed by atoms with Crippen LogP contribution in [0.3, 0.4) is 0 Å². The molecule has 1 N–H and O–H groups in total. The molecule has 23 heavy (non-hydrogen) atoms. The summed E-state index contributed by atoms with van der Waals surface area (Å²) < 4.78 is 5.99. The van der Waals surface area contributed by atoms with Crippen molar-refractivity contribution >= 4 is 5.91 Å². The first kappa shape index (κ1) is 16.4.